The third-order valence-corrected chi connectivity index (χ3v) is 8.03. The summed E-state index contributed by atoms with van der Waals surface area (Å²) in [6.45, 7) is 12.2. The number of aromatic nitrogens is 2. The van der Waals surface area contributed by atoms with Gasteiger partial charge in [-0.3, -0.25) is 9.80 Å². The second kappa shape index (κ2) is 17.8. The lowest BCUT2D eigenvalue weighted by Crippen LogP contribution is -2.52. The van der Waals surface area contributed by atoms with Gasteiger partial charge >= 0.3 is 18.2 Å². The van der Waals surface area contributed by atoms with Gasteiger partial charge in [0, 0.05) is 13.1 Å². The van der Waals surface area contributed by atoms with Crippen molar-refractivity contribution in [2.24, 2.45) is 10.9 Å². The van der Waals surface area contributed by atoms with Crippen molar-refractivity contribution >= 4 is 24.0 Å². The minimum absolute atomic E-state index is 0.108. The van der Waals surface area contributed by atoms with Crippen molar-refractivity contribution in [3.63, 3.8) is 0 Å². The summed E-state index contributed by atoms with van der Waals surface area (Å²) < 4.78 is 16.4. The van der Waals surface area contributed by atoms with Crippen LogP contribution in [-0.2, 0) is 31.9 Å². The first-order chi connectivity index (χ1) is 24.2. The van der Waals surface area contributed by atoms with Gasteiger partial charge in [0.1, 0.15) is 11.2 Å². The van der Waals surface area contributed by atoms with Crippen molar-refractivity contribution in [1.82, 2.24) is 19.9 Å². The molecule has 0 bridgehead atoms. The summed E-state index contributed by atoms with van der Waals surface area (Å²) in [5, 5.41) is 7.90. The Balaban J connectivity index is 0.000000229. The van der Waals surface area contributed by atoms with Gasteiger partial charge in [-0.25, -0.2) is 14.4 Å². The number of amides is 2. The van der Waals surface area contributed by atoms with E-state index in [1.807, 2.05) is 102 Å². The van der Waals surface area contributed by atoms with Crippen molar-refractivity contribution in [2.75, 3.05) is 13.1 Å². The van der Waals surface area contributed by atoms with E-state index in [-0.39, 0.29) is 24.4 Å². The van der Waals surface area contributed by atoms with Crippen LogP contribution in [0, 0.1) is 0 Å². The maximum absolute atomic E-state index is 12.5. The number of carbonyl (C=O) groups is 3. The minimum Gasteiger partial charge on any atom is -0.444 e. The summed E-state index contributed by atoms with van der Waals surface area (Å²) in [6, 6.07) is 18.6. The molecule has 0 aliphatic carbocycles. The molecule has 0 radical (unpaired) electrons. The lowest BCUT2D eigenvalue weighted by molar-refractivity contribution is -0.142. The predicted molar refractivity (Wildman–Crippen MR) is 192 cm³/mol. The quantitative estimate of drug-likeness (QED) is 0.118. The van der Waals surface area contributed by atoms with Crippen LogP contribution in [0.2, 0.25) is 0 Å². The Morgan fingerprint density at radius 1 is 0.804 bits per heavy atom. The van der Waals surface area contributed by atoms with Gasteiger partial charge in [0.05, 0.1) is 24.9 Å². The molecule has 0 unspecified atom stereocenters. The molecule has 2 fully saturated rings. The molecule has 2 atom stereocenters. The maximum Gasteiger partial charge on any atom is 0.410 e. The van der Waals surface area contributed by atoms with Crippen LogP contribution in [0.1, 0.15) is 109 Å². The SMILES string of the molecule is CC(C)(C)OC(=O)N1CCCC[C@H]1/C(N)=N/OC(=O)Cc1ccccc1.CC(C)(C)OC(=O)N1CCCC[C@H]1c1noc(Cc2ccccc2)n1. The van der Waals surface area contributed by atoms with Crippen LogP contribution in [0.5, 0.6) is 0 Å². The van der Waals surface area contributed by atoms with Crippen LogP contribution in [0.4, 0.5) is 9.59 Å². The van der Waals surface area contributed by atoms with Crippen LogP contribution in [0.3, 0.4) is 0 Å². The second-order valence-corrected chi connectivity index (χ2v) is 14.7. The molecule has 2 aromatic carbocycles. The van der Waals surface area contributed by atoms with Crippen LogP contribution < -0.4 is 5.73 Å². The summed E-state index contributed by atoms with van der Waals surface area (Å²) in [5.41, 5.74) is 6.84. The fraction of sp³-hybridized carbons (Fsp3) is 0.526. The minimum atomic E-state index is -0.590. The van der Waals surface area contributed by atoms with E-state index in [4.69, 9.17) is 24.6 Å². The van der Waals surface area contributed by atoms with E-state index in [0.717, 1.165) is 43.2 Å². The van der Waals surface area contributed by atoms with Crippen LogP contribution >= 0.6 is 0 Å². The molecule has 5 rings (SSSR count). The molecule has 3 aromatic rings. The van der Waals surface area contributed by atoms with Gasteiger partial charge in [-0.1, -0.05) is 71.0 Å². The van der Waals surface area contributed by atoms with E-state index in [2.05, 4.69) is 15.3 Å². The van der Waals surface area contributed by atoms with E-state index in [1.165, 1.54) is 0 Å². The van der Waals surface area contributed by atoms with Gasteiger partial charge in [0.15, 0.2) is 11.7 Å². The van der Waals surface area contributed by atoms with Crippen LogP contribution in [0.25, 0.3) is 0 Å². The Kier molecular flexibility index (Phi) is 13.6. The highest BCUT2D eigenvalue weighted by molar-refractivity contribution is 5.89. The molecule has 51 heavy (non-hydrogen) atoms. The third kappa shape index (κ3) is 12.7. The molecule has 2 aliphatic heterocycles. The standard InChI is InChI=1S/C19H27N3O4.C19H25N3O3/c1-19(2,3)25-18(24)22-12-8-7-11-15(22)17(20)21-26-16(23)13-14-9-5-4-6-10-14;1-19(2,3)24-18(23)22-12-8-7-11-15(22)17-20-16(25-21-17)13-14-9-5-4-6-10-14/h4-6,9-10,15H,7-8,11-13H2,1-3H3,(H2,20,21);4-6,9-10,15H,7-8,11-13H2,1-3H3/t2*15-/m00/s1. The number of rotatable bonds is 7. The number of nitrogens with zero attached hydrogens (tertiary/aromatic N) is 5. The largest absolute Gasteiger partial charge is 0.444 e. The number of carbonyl (C=O) groups excluding carboxylic acids is 3. The monoisotopic (exact) mass is 704 g/mol. The first kappa shape index (κ1) is 38.9. The molecule has 1 aromatic heterocycles. The van der Waals surface area contributed by atoms with E-state index in [0.29, 0.717) is 37.6 Å². The number of amidine groups is 1. The van der Waals surface area contributed by atoms with E-state index >= 15 is 0 Å². The number of oxime groups is 1. The van der Waals surface area contributed by atoms with Gasteiger partial charge in [-0.05, 0) is 91.2 Å². The number of benzene rings is 2. The fourth-order valence-electron chi connectivity index (χ4n) is 5.72. The first-order valence-corrected chi connectivity index (χ1v) is 17.6. The van der Waals surface area contributed by atoms with Crippen molar-refractivity contribution in [1.29, 1.82) is 0 Å². The zero-order chi connectivity index (χ0) is 37.0. The number of likely N-dealkylation sites (tertiary alicyclic amines) is 2. The highest BCUT2D eigenvalue weighted by Crippen LogP contribution is 2.31. The molecule has 0 saturated carbocycles. The molecule has 13 heteroatoms. The van der Waals surface area contributed by atoms with Gasteiger partial charge in [-0.2, -0.15) is 4.98 Å². The zero-order valence-electron chi connectivity index (χ0n) is 30.7. The molecule has 3 heterocycles. The van der Waals surface area contributed by atoms with E-state index in [1.54, 1.807) is 9.80 Å². The summed E-state index contributed by atoms with van der Waals surface area (Å²) in [7, 11) is 0. The second-order valence-electron chi connectivity index (χ2n) is 14.7. The number of nitrogens with two attached hydrogens (primary N) is 1. The Morgan fingerprint density at radius 3 is 1.96 bits per heavy atom. The van der Waals surface area contributed by atoms with E-state index in [9.17, 15) is 14.4 Å². The molecule has 2 saturated heterocycles. The molecule has 0 spiro atoms. The Bertz CT molecular complexity index is 1600. The first-order valence-electron chi connectivity index (χ1n) is 17.6. The van der Waals surface area contributed by atoms with Crippen LogP contribution in [-0.4, -0.2) is 74.3 Å². The number of piperidine rings is 2. The summed E-state index contributed by atoms with van der Waals surface area (Å²) >= 11 is 0. The number of hydrogen-bond donors (Lipinski definition) is 1. The van der Waals surface area contributed by atoms with Crippen molar-refractivity contribution in [3.8, 4) is 0 Å². The molecule has 2 amide bonds. The lowest BCUT2D eigenvalue weighted by atomic mass is 10.0. The average molecular weight is 705 g/mol. The Labute approximate surface area is 300 Å². The molecule has 276 valence electrons. The molecule has 13 nitrogen and oxygen atoms in total. The van der Waals surface area contributed by atoms with Crippen molar-refractivity contribution < 1.29 is 33.2 Å². The molecule has 2 aliphatic rings. The van der Waals surface area contributed by atoms with Crippen LogP contribution in [0.15, 0.2) is 70.3 Å². The van der Waals surface area contributed by atoms with Gasteiger partial charge in [0.2, 0.25) is 5.89 Å². The maximum atomic E-state index is 12.5. The van der Waals surface area contributed by atoms with Gasteiger partial charge < -0.3 is 24.6 Å². The highest BCUT2D eigenvalue weighted by Gasteiger charge is 2.35. The lowest BCUT2D eigenvalue weighted by Gasteiger charge is -2.35. The van der Waals surface area contributed by atoms with Crippen molar-refractivity contribution in [2.45, 2.75) is 116 Å². The molecule has 2 N–H and O–H groups in total. The topological polar surface area (TPSA) is 163 Å². The predicted octanol–water partition coefficient (Wildman–Crippen LogP) is 6.96. The molecular formula is C38H52N6O7. The highest BCUT2D eigenvalue weighted by atomic mass is 16.7. The molecular weight excluding hydrogens is 652 g/mol. The fourth-order valence-corrected chi connectivity index (χ4v) is 5.72. The van der Waals surface area contributed by atoms with Crippen molar-refractivity contribution in [3.05, 3.63) is 83.5 Å². The summed E-state index contributed by atoms with van der Waals surface area (Å²) in [6.07, 6.45) is 5.22. The zero-order valence-corrected chi connectivity index (χ0v) is 30.7. The van der Waals surface area contributed by atoms with Gasteiger partial charge in [0.25, 0.3) is 0 Å². The Morgan fingerprint density at radius 2 is 1.35 bits per heavy atom. The smallest absolute Gasteiger partial charge is 0.410 e. The number of hydrogen-bond acceptors (Lipinski definition) is 10. The number of ether oxygens (including phenoxy) is 2. The summed E-state index contributed by atoms with van der Waals surface area (Å²) in [5.74, 6) is 0.739. The normalized spacial score (nSPS) is 18.3. The van der Waals surface area contributed by atoms with Gasteiger partial charge in [-0.15, -0.1) is 0 Å². The van der Waals surface area contributed by atoms with E-state index < -0.39 is 29.3 Å². The third-order valence-electron chi connectivity index (χ3n) is 8.03. The average Bonchev–Trinajstić information content (AvgIpc) is 3.55. The summed E-state index contributed by atoms with van der Waals surface area (Å²) in [4.78, 5) is 49.6. The Hall–Kier alpha value is -4.94.